The van der Waals surface area contributed by atoms with Gasteiger partial charge >= 0.3 is 0 Å². The van der Waals surface area contributed by atoms with Gasteiger partial charge in [-0.1, -0.05) is 43.2 Å². The molecule has 0 aromatic heterocycles. The van der Waals surface area contributed by atoms with Gasteiger partial charge in [0.05, 0.1) is 29.7 Å². The minimum atomic E-state index is -0.370. The summed E-state index contributed by atoms with van der Waals surface area (Å²) >= 11 is 0. The van der Waals surface area contributed by atoms with E-state index < -0.39 is 0 Å². The van der Waals surface area contributed by atoms with Crippen LogP contribution in [0.3, 0.4) is 0 Å². The molecule has 1 saturated heterocycles. The van der Waals surface area contributed by atoms with E-state index in [-0.39, 0.29) is 5.41 Å². The predicted molar refractivity (Wildman–Crippen MR) is 135 cm³/mol. The molecular weight excluding hydrogens is 418 g/mol. The number of benzene rings is 2. The van der Waals surface area contributed by atoms with Crippen molar-refractivity contribution >= 4 is 0 Å². The van der Waals surface area contributed by atoms with Crippen LogP contribution in [-0.4, -0.2) is 30.1 Å². The van der Waals surface area contributed by atoms with E-state index in [9.17, 15) is 5.26 Å². The van der Waals surface area contributed by atoms with E-state index in [2.05, 4.69) is 61.2 Å². The van der Waals surface area contributed by atoms with Gasteiger partial charge < -0.3 is 4.74 Å². The highest BCUT2D eigenvalue weighted by Crippen LogP contribution is 2.51. The number of piperidine rings is 1. The van der Waals surface area contributed by atoms with Crippen molar-refractivity contribution in [3.05, 3.63) is 65.7 Å². The average Bonchev–Trinajstić information content (AvgIpc) is 3.40. The Morgan fingerprint density at radius 2 is 1.56 bits per heavy atom. The third kappa shape index (κ3) is 4.98. The van der Waals surface area contributed by atoms with Gasteiger partial charge in [0.2, 0.25) is 0 Å². The predicted octanol–water partition coefficient (Wildman–Crippen LogP) is 6.47. The molecule has 0 N–H and O–H groups in total. The van der Waals surface area contributed by atoms with Gasteiger partial charge in [0.1, 0.15) is 5.75 Å². The second kappa shape index (κ2) is 11.1. The fraction of sp³-hybridized carbons (Fsp3) is 0.533. The van der Waals surface area contributed by atoms with Crippen LogP contribution < -0.4 is 4.74 Å². The van der Waals surface area contributed by atoms with E-state index in [1.807, 2.05) is 12.1 Å². The Morgan fingerprint density at radius 1 is 0.912 bits per heavy atom. The van der Waals surface area contributed by atoms with Crippen LogP contribution in [0, 0.1) is 34.5 Å². The molecule has 0 spiro atoms. The number of ether oxygens (including phenoxy) is 1. The molecule has 0 amide bonds. The van der Waals surface area contributed by atoms with Crippen LogP contribution in [0.4, 0.5) is 0 Å². The number of rotatable bonds is 8. The van der Waals surface area contributed by atoms with Crippen LogP contribution in [0.25, 0.3) is 0 Å². The molecule has 1 saturated carbocycles. The molecule has 2 aliphatic rings. The summed E-state index contributed by atoms with van der Waals surface area (Å²) in [7, 11) is 0. The Bertz CT molecular complexity index is 988. The third-order valence-electron chi connectivity index (χ3n) is 8.28. The molecule has 3 unspecified atom stereocenters. The Kier molecular flexibility index (Phi) is 7.91. The van der Waals surface area contributed by atoms with Crippen molar-refractivity contribution in [3.8, 4) is 17.9 Å². The number of nitrogens with zero attached hydrogens (tertiary/aromatic N) is 3. The molecule has 3 atom stereocenters. The first-order valence-corrected chi connectivity index (χ1v) is 12.9. The van der Waals surface area contributed by atoms with Crippen molar-refractivity contribution in [2.24, 2.45) is 11.8 Å². The number of hydrogen-bond donors (Lipinski definition) is 0. The van der Waals surface area contributed by atoms with E-state index >= 15 is 0 Å². The number of hydrogen-bond acceptors (Lipinski definition) is 4. The normalized spacial score (nSPS) is 25.2. The molecule has 2 aromatic rings. The molecule has 34 heavy (non-hydrogen) atoms. The van der Waals surface area contributed by atoms with Crippen LogP contribution in [0.15, 0.2) is 54.6 Å². The zero-order chi connectivity index (χ0) is 24.0. The molecule has 4 rings (SSSR count). The Morgan fingerprint density at radius 3 is 2.15 bits per heavy atom. The third-order valence-corrected chi connectivity index (χ3v) is 8.28. The fourth-order valence-electron chi connectivity index (χ4n) is 6.65. The maximum atomic E-state index is 10.7. The van der Waals surface area contributed by atoms with Crippen LogP contribution in [0.1, 0.15) is 69.9 Å². The highest BCUT2D eigenvalue weighted by Gasteiger charge is 2.50. The minimum absolute atomic E-state index is 0.370. The summed E-state index contributed by atoms with van der Waals surface area (Å²) in [5.74, 6) is 1.67. The van der Waals surface area contributed by atoms with Crippen molar-refractivity contribution < 1.29 is 4.74 Å². The lowest BCUT2D eigenvalue weighted by Crippen LogP contribution is -2.53. The summed E-state index contributed by atoms with van der Waals surface area (Å²) in [5.41, 5.74) is 1.52. The largest absolute Gasteiger partial charge is 0.494 e. The maximum absolute atomic E-state index is 10.7. The van der Waals surface area contributed by atoms with Gasteiger partial charge in [-0.15, -0.1) is 0 Å². The molecular formula is C30H37N3O. The number of likely N-dealkylation sites (tertiary alicyclic amines) is 1. The van der Waals surface area contributed by atoms with Crippen molar-refractivity contribution in [1.29, 1.82) is 10.5 Å². The first-order valence-electron chi connectivity index (χ1n) is 12.9. The Balaban J connectivity index is 1.40. The molecule has 1 heterocycles. The Hall–Kier alpha value is -2.82. The number of nitriles is 2. The SMILES string of the molecule is CC1CC(C(C#N)(c2ccccc2)C2CCCC2)CC(C)N1CCCOc1ccc(C#N)cc1. The zero-order valence-electron chi connectivity index (χ0n) is 20.6. The van der Waals surface area contributed by atoms with Gasteiger partial charge in [0.15, 0.2) is 0 Å². The monoisotopic (exact) mass is 455 g/mol. The second-order valence-electron chi connectivity index (χ2n) is 10.3. The molecule has 1 aliphatic heterocycles. The van der Waals surface area contributed by atoms with Crippen LogP contribution >= 0.6 is 0 Å². The summed E-state index contributed by atoms with van der Waals surface area (Å²) in [5, 5.41) is 19.6. The molecule has 2 fully saturated rings. The maximum Gasteiger partial charge on any atom is 0.119 e. The van der Waals surface area contributed by atoms with Crippen LogP contribution in [0.5, 0.6) is 5.75 Å². The summed E-state index contributed by atoms with van der Waals surface area (Å²) in [6.45, 7) is 6.34. The van der Waals surface area contributed by atoms with Gasteiger partial charge in [-0.2, -0.15) is 10.5 Å². The van der Waals surface area contributed by atoms with Crippen molar-refractivity contribution in [2.45, 2.75) is 76.3 Å². The highest BCUT2D eigenvalue weighted by molar-refractivity contribution is 5.36. The minimum Gasteiger partial charge on any atom is -0.494 e. The van der Waals surface area contributed by atoms with Gasteiger partial charge in [0.25, 0.3) is 0 Å². The summed E-state index contributed by atoms with van der Waals surface area (Å²) < 4.78 is 5.91. The van der Waals surface area contributed by atoms with E-state index in [0.717, 1.165) is 31.6 Å². The van der Waals surface area contributed by atoms with Crippen LogP contribution in [-0.2, 0) is 5.41 Å². The molecule has 0 bridgehead atoms. The van der Waals surface area contributed by atoms with Crippen molar-refractivity contribution in [2.75, 3.05) is 13.2 Å². The summed E-state index contributed by atoms with van der Waals surface area (Å²) in [6.07, 6.45) is 7.97. The first-order chi connectivity index (χ1) is 16.6. The van der Waals surface area contributed by atoms with E-state index in [1.54, 1.807) is 12.1 Å². The van der Waals surface area contributed by atoms with E-state index in [4.69, 9.17) is 10.00 Å². The van der Waals surface area contributed by atoms with Crippen molar-refractivity contribution in [1.82, 2.24) is 4.90 Å². The lowest BCUT2D eigenvalue weighted by atomic mass is 9.58. The molecule has 178 valence electrons. The first kappa shape index (κ1) is 24.3. The summed E-state index contributed by atoms with van der Waals surface area (Å²) in [4.78, 5) is 2.61. The zero-order valence-corrected chi connectivity index (χ0v) is 20.6. The van der Waals surface area contributed by atoms with Crippen LogP contribution in [0.2, 0.25) is 0 Å². The van der Waals surface area contributed by atoms with E-state index in [1.165, 1.54) is 31.2 Å². The highest BCUT2D eigenvalue weighted by atomic mass is 16.5. The lowest BCUT2D eigenvalue weighted by Gasteiger charge is -2.49. The average molecular weight is 456 g/mol. The van der Waals surface area contributed by atoms with Gasteiger partial charge in [-0.3, -0.25) is 4.90 Å². The Labute approximate surface area is 205 Å². The van der Waals surface area contributed by atoms with Gasteiger partial charge in [-0.25, -0.2) is 0 Å². The molecule has 0 radical (unpaired) electrons. The lowest BCUT2D eigenvalue weighted by molar-refractivity contribution is 0.0328. The quantitative estimate of drug-likeness (QED) is 0.428. The topological polar surface area (TPSA) is 60.1 Å². The fourth-order valence-corrected chi connectivity index (χ4v) is 6.65. The molecule has 1 aliphatic carbocycles. The smallest absolute Gasteiger partial charge is 0.119 e. The van der Waals surface area contributed by atoms with Crippen molar-refractivity contribution in [3.63, 3.8) is 0 Å². The molecule has 4 heteroatoms. The van der Waals surface area contributed by atoms with Gasteiger partial charge in [-0.05, 0) is 87.6 Å². The molecule has 4 nitrogen and oxygen atoms in total. The van der Waals surface area contributed by atoms with Gasteiger partial charge in [0, 0.05) is 18.6 Å². The second-order valence-corrected chi connectivity index (χ2v) is 10.3. The molecule has 2 aromatic carbocycles. The standard InChI is InChI=1S/C30H37N3O/c1-23-19-28(30(22-32,27-11-6-7-12-27)26-9-4-3-5-10-26)20-24(2)33(23)17-8-18-34-29-15-13-25(21-31)14-16-29/h3-5,9-10,13-16,23-24,27-28H,6-8,11-12,17-20H2,1-2H3. The summed E-state index contributed by atoms with van der Waals surface area (Å²) in [6, 6.07) is 23.9. The van der Waals surface area contributed by atoms with E-state index in [0.29, 0.717) is 36.1 Å².